The predicted octanol–water partition coefficient (Wildman–Crippen LogP) is 5.20. The summed E-state index contributed by atoms with van der Waals surface area (Å²) in [5, 5.41) is 8.44. The SMILES string of the molecule is CCOP=O.CCO[P](=O)CCCCCCCCCC(=O)O. The maximum absolute atomic E-state index is 11.2. The van der Waals surface area contributed by atoms with Gasteiger partial charge in [0.1, 0.15) is 0 Å². The monoisotopic (exact) mass is 355 g/mol. The minimum Gasteiger partial charge on any atom is -0.481 e. The van der Waals surface area contributed by atoms with Crippen LogP contribution in [-0.4, -0.2) is 30.5 Å². The van der Waals surface area contributed by atoms with Gasteiger partial charge in [-0.3, -0.25) is 13.9 Å². The van der Waals surface area contributed by atoms with Crippen LogP contribution in [0, 0.1) is 0 Å². The lowest BCUT2D eigenvalue weighted by Crippen LogP contribution is -1.93. The smallest absolute Gasteiger partial charge is 0.327 e. The average molecular weight is 355 g/mol. The lowest BCUT2D eigenvalue weighted by molar-refractivity contribution is -0.137. The normalized spacial score (nSPS) is 10.9. The topological polar surface area (TPSA) is 89.9 Å². The second kappa shape index (κ2) is 20.6. The number of aliphatic carboxylic acids is 1. The summed E-state index contributed by atoms with van der Waals surface area (Å²) < 4.78 is 29.7. The van der Waals surface area contributed by atoms with Crippen molar-refractivity contribution in [3.63, 3.8) is 0 Å². The largest absolute Gasteiger partial charge is 0.481 e. The van der Waals surface area contributed by atoms with Gasteiger partial charge in [-0.05, 0) is 26.7 Å². The van der Waals surface area contributed by atoms with E-state index in [-0.39, 0.29) is 15.1 Å². The third-order valence-electron chi connectivity index (χ3n) is 2.69. The summed E-state index contributed by atoms with van der Waals surface area (Å²) in [6.45, 7) is 4.68. The maximum atomic E-state index is 11.2. The van der Waals surface area contributed by atoms with Crippen molar-refractivity contribution in [2.24, 2.45) is 0 Å². The molecule has 1 radical (unpaired) electrons. The third-order valence-corrected chi connectivity index (χ3v) is 4.28. The highest BCUT2D eigenvalue weighted by atomic mass is 31.1. The van der Waals surface area contributed by atoms with Crippen LogP contribution in [0.2, 0.25) is 0 Å². The molecule has 131 valence electrons. The Morgan fingerprint density at radius 1 is 1.00 bits per heavy atom. The molecule has 0 fully saturated rings. The lowest BCUT2D eigenvalue weighted by Gasteiger charge is -2.01. The summed E-state index contributed by atoms with van der Waals surface area (Å²) in [5.74, 6) is -0.704. The van der Waals surface area contributed by atoms with Crippen LogP contribution < -0.4 is 0 Å². The van der Waals surface area contributed by atoms with Gasteiger partial charge >= 0.3 is 14.7 Å². The number of hydrogen-bond acceptors (Lipinski definition) is 5. The number of unbranched alkanes of at least 4 members (excludes halogenated alkanes) is 6. The number of hydrogen-bond donors (Lipinski definition) is 1. The summed E-state index contributed by atoms with van der Waals surface area (Å²) in [4.78, 5) is 10.3. The van der Waals surface area contributed by atoms with Crippen LogP contribution in [0.1, 0.15) is 65.2 Å². The number of rotatable bonds is 14. The molecule has 0 rings (SSSR count). The first kappa shape index (κ1) is 23.9. The Labute approximate surface area is 136 Å². The quantitative estimate of drug-likeness (QED) is 0.340. The molecule has 0 saturated heterocycles. The van der Waals surface area contributed by atoms with E-state index in [1.54, 1.807) is 6.92 Å². The van der Waals surface area contributed by atoms with Crippen molar-refractivity contribution in [1.29, 1.82) is 0 Å². The molecule has 1 unspecified atom stereocenters. The van der Waals surface area contributed by atoms with Gasteiger partial charge in [-0.25, -0.2) is 4.57 Å². The Hall–Kier alpha value is -0.410. The van der Waals surface area contributed by atoms with Crippen LogP contribution in [0.25, 0.3) is 0 Å². The molecule has 0 aromatic carbocycles. The van der Waals surface area contributed by atoms with Gasteiger partial charge in [0.2, 0.25) is 8.03 Å². The Kier molecular flexibility index (Phi) is 22.3. The molecule has 22 heavy (non-hydrogen) atoms. The second-order valence-corrected chi connectivity index (χ2v) is 6.36. The van der Waals surface area contributed by atoms with Crippen molar-refractivity contribution in [3.05, 3.63) is 0 Å². The fraction of sp³-hybridized carbons (Fsp3) is 0.929. The van der Waals surface area contributed by atoms with Gasteiger partial charge in [0, 0.05) is 12.6 Å². The van der Waals surface area contributed by atoms with Crippen molar-refractivity contribution in [3.8, 4) is 0 Å². The molecule has 0 aliphatic heterocycles. The fourth-order valence-corrected chi connectivity index (χ4v) is 2.67. The van der Waals surface area contributed by atoms with Gasteiger partial charge in [-0.1, -0.05) is 32.1 Å². The molecule has 0 amide bonds. The van der Waals surface area contributed by atoms with E-state index in [0.717, 1.165) is 44.9 Å². The summed E-state index contributed by atoms with van der Waals surface area (Å²) in [5.41, 5.74) is 0. The van der Waals surface area contributed by atoms with E-state index in [1.807, 2.05) is 6.92 Å². The van der Waals surface area contributed by atoms with Crippen LogP contribution in [0.3, 0.4) is 0 Å². The number of carboxylic acids is 1. The molecular weight excluding hydrogens is 326 g/mol. The highest BCUT2D eigenvalue weighted by Gasteiger charge is 2.00. The summed E-state index contributed by atoms with van der Waals surface area (Å²) in [6.07, 6.45) is 8.18. The third kappa shape index (κ3) is 24.6. The maximum Gasteiger partial charge on any atom is 0.327 e. The van der Waals surface area contributed by atoms with E-state index in [0.29, 0.717) is 19.4 Å². The van der Waals surface area contributed by atoms with Gasteiger partial charge in [0.15, 0.2) is 0 Å². The van der Waals surface area contributed by atoms with E-state index in [1.165, 1.54) is 0 Å². The van der Waals surface area contributed by atoms with E-state index in [9.17, 15) is 13.9 Å². The minimum absolute atomic E-state index is 0.220. The Balaban J connectivity index is 0. The van der Waals surface area contributed by atoms with Crippen molar-refractivity contribution >= 4 is 22.7 Å². The second-order valence-electron chi connectivity index (χ2n) is 4.59. The van der Waals surface area contributed by atoms with Gasteiger partial charge < -0.3 is 9.63 Å². The lowest BCUT2D eigenvalue weighted by atomic mass is 10.1. The van der Waals surface area contributed by atoms with Crippen molar-refractivity contribution in [2.45, 2.75) is 65.2 Å². The molecule has 0 aromatic heterocycles. The van der Waals surface area contributed by atoms with Gasteiger partial charge in [0.25, 0.3) is 0 Å². The molecule has 0 bridgehead atoms. The van der Waals surface area contributed by atoms with Crippen LogP contribution >= 0.6 is 16.7 Å². The first-order chi connectivity index (χ1) is 10.6. The number of carbonyl (C=O) groups is 1. The summed E-state index contributed by atoms with van der Waals surface area (Å²) >= 11 is 0. The molecule has 1 atom stereocenters. The van der Waals surface area contributed by atoms with E-state index in [2.05, 4.69) is 4.52 Å². The van der Waals surface area contributed by atoms with Crippen LogP contribution in [0.15, 0.2) is 0 Å². The molecule has 0 aliphatic carbocycles. The van der Waals surface area contributed by atoms with Crippen molar-refractivity contribution in [2.75, 3.05) is 19.4 Å². The zero-order chi connectivity index (χ0) is 17.1. The summed E-state index contributed by atoms with van der Waals surface area (Å²) in [7, 11) is -1.65. The van der Waals surface area contributed by atoms with Gasteiger partial charge in [0.05, 0.1) is 13.2 Å². The van der Waals surface area contributed by atoms with E-state index >= 15 is 0 Å². The molecule has 0 heterocycles. The highest BCUT2D eigenvalue weighted by Crippen LogP contribution is 2.23. The minimum atomic E-state index is -1.43. The average Bonchev–Trinajstić information content (AvgIpc) is 2.47. The van der Waals surface area contributed by atoms with Crippen LogP contribution in [-0.2, 0) is 23.0 Å². The van der Waals surface area contributed by atoms with Crippen molar-refractivity contribution < 1.29 is 28.1 Å². The summed E-state index contributed by atoms with van der Waals surface area (Å²) in [6, 6.07) is 0. The highest BCUT2D eigenvalue weighted by molar-refractivity contribution is 7.39. The Morgan fingerprint density at radius 3 is 1.95 bits per heavy atom. The molecular formula is C14H29O6P2. The Bertz CT molecular complexity index is 287. The first-order valence-corrected chi connectivity index (χ1v) is 9.91. The van der Waals surface area contributed by atoms with Crippen molar-refractivity contribution in [1.82, 2.24) is 0 Å². The van der Waals surface area contributed by atoms with E-state index < -0.39 is 14.0 Å². The zero-order valence-corrected chi connectivity index (χ0v) is 15.4. The molecule has 1 N–H and O–H groups in total. The number of carboxylic acid groups (broad SMARTS) is 1. The molecule has 6 nitrogen and oxygen atoms in total. The standard InChI is InChI=1S/C12H24O4P.C2H5O2P/c1-2-16-17(15)11-9-7-5-3-4-6-8-10-12(13)14;1-2-4-5-3/h2-11H2,1H3,(H,13,14);2H2,1H3. The molecule has 0 spiro atoms. The fourth-order valence-electron chi connectivity index (χ4n) is 1.66. The molecule has 0 saturated carbocycles. The molecule has 8 heteroatoms. The first-order valence-electron chi connectivity index (χ1n) is 7.82. The van der Waals surface area contributed by atoms with Crippen LogP contribution in [0.4, 0.5) is 0 Å². The van der Waals surface area contributed by atoms with E-state index in [4.69, 9.17) is 9.63 Å². The van der Waals surface area contributed by atoms with Gasteiger partial charge in [-0.2, -0.15) is 0 Å². The molecule has 0 aliphatic rings. The zero-order valence-electron chi connectivity index (χ0n) is 13.7. The Morgan fingerprint density at radius 2 is 1.55 bits per heavy atom. The molecule has 0 aromatic rings. The van der Waals surface area contributed by atoms with Crippen LogP contribution in [0.5, 0.6) is 0 Å². The van der Waals surface area contributed by atoms with Gasteiger partial charge in [-0.15, -0.1) is 0 Å². The predicted molar refractivity (Wildman–Crippen MR) is 87.9 cm³/mol.